The number of anilines is 1. The summed E-state index contributed by atoms with van der Waals surface area (Å²) in [6.45, 7) is 1.90. The molecule has 1 atom stereocenters. The zero-order chi connectivity index (χ0) is 18.6. The Hall–Kier alpha value is -3.06. The van der Waals surface area contributed by atoms with E-state index in [4.69, 9.17) is 9.72 Å². The fourth-order valence-electron chi connectivity index (χ4n) is 3.33. The third kappa shape index (κ3) is 3.73. The van der Waals surface area contributed by atoms with Crippen LogP contribution < -0.4 is 10.5 Å². The molecule has 1 aliphatic heterocycles. The number of rotatable bonds is 4. The van der Waals surface area contributed by atoms with Crippen molar-refractivity contribution in [1.82, 2.24) is 19.5 Å². The molecule has 0 radical (unpaired) electrons. The van der Waals surface area contributed by atoms with Crippen LogP contribution in [0.25, 0.3) is 11.4 Å². The van der Waals surface area contributed by atoms with Gasteiger partial charge < -0.3 is 9.64 Å². The van der Waals surface area contributed by atoms with Crippen LogP contribution in [-0.2, 0) is 18.2 Å². The Morgan fingerprint density at radius 1 is 1.19 bits per heavy atom. The molecule has 1 aliphatic rings. The summed E-state index contributed by atoms with van der Waals surface area (Å²) in [5.74, 6) is 0.639. The van der Waals surface area contributed by atoms with Crippen molar-refractivity contribution in [3.63, 3.8) is 0 Å². The highest BCUT2D eigenvalue weighted by Gasteiger charge is 2.27. The summed E-state index contributed by atoms with van der Waals surface area (Å²) in [5.41, 5.74) is 2.31. The second-order valence-corrected chi connectivity index (χ2v) is 6.55. The molecule has 27 heavy (non-hydrogen) atoms. The Bertz CT molecular complexity index is 959. The largest absolute Gasteiger partial charge is 0.377 e. The highest BCUT2D eigenvalue weighted by atomic mass is 16.5. The van der Waals surface area contributed by atoms with Gasteiger partial charge in [0.1, 0.15) is 6.33 Å². The molecule has 3 aromatic rings. The number of hydrogen-bond acceptors (Lipinski definition) is 6. The molecule has 1 saturated heterocycles. The molecule has 0 spiro atoms. The zero-order valence-corrected chi connectivity index (χ0v) is 15.2. The van der Waals surface area contributed by atoms with Gasteiger partial charge in [-0.05, 0) is 18.1 Å². The summed E-state index contributed by atoms with van der Waals surface area (Å²) in [5, 5.41) is 0. The van der Waals surface area contributed by atoms with Gasteiger partial charge in [-0.25, -0.2) is 15.0 Å². The first kappa shape index (κ1) is 17.4. The Balaban J connectivity index is 1.71. The number of ether oxygens (including phenoxy) is 1. The van der Waals surface area contributed by atoms with Crippen LogP contribution in [0.15, 0.2) is 59.8 Å². The number of aromatic nitrogens is 4. The molecule has 138 valence electrons. The maximum Gasteiger partial charge on any atom is 0.255 e. The van der Waals surface area contributed by atoms with Gasteiger partial charge in [-0.3, -0.25) is 9.36 Å². The van der Waals surface area contributed by atoms with E-state index in [-0.39, 0.29) is 11.6 Å². The third-order valence-electron chi connectivity index (χ3n) is 4.75. The summed E-state index contributed by atoms with van der Waals surface area (Å²) >= 11 is 0. The lowest BCUT2D eigenvalue weighted by atomic mass is 10.0. The minimum absolute atomic E-state index is 0.111. The Kier molecular flexibility index (Phi) is 4.93. The van der Waals surface area contributed by atoms with E-state index in [2.05, 4.69) is 27.0 Å². The van der Waals surface area contributed by atoms with E-state index < -0.39 is 0 Å². The van der Waals surface area contributed by atoms with Gasteiger partial charge in [-0.15, -0.1) is 0 Å². The summed E-state index contributed by atoms with van der Waals surface area (Å²) in [4.78, 5) is 27.7. The van der Waals surface area contributed by atoms with Crippen molar-refractivity contribution < 1.29 is 4.74 Å². The predicted octanol–water partition coefficient (Wildman–Crippen LogP) is 1.69. The SMILES string of the molecule is Cn1c(N2CCOC[C@@H]2Cc2ccccc2)nc(-c2ccncn2)cc1=O. The first-order valence-electron chi connectivity index (χ1n) is 8.95. The van der Waals surface area contributed by atoms with Gasteiger partial charge in [0.2, 0.25) is 5.95 Å². The summed E-state index contributed by atoms with van der Waals surface area (Å²) in [7, 11) is 1.75. The van der Waals surface area contributed by atoms with Crippen molar-refractivity contribution >= 4 is 5.95 Å². The topological polar surface area (TPSA) is 73.1 Å². The zero-order valence-electron chi connectivity index (χ0n) is 15.2. The molecular formula is C20H21N5O2. The van der Waals surface area contributed by atoms with E-state index in [0.29, 0.717) is 37.1 Å². The van der Waals surface area contributed by atoms with Crippen molar-refractivity contribution in [2.75, 3.05) is 24.7 Å². The highest BCUT2D eigenvalue weighted by molar-refractivity contribution is 5.55. The molecule has 7 nitrogen and oxygen atoms in total. The molecular weight excluding hydrogens is 342 g/mol. The number of morpholine rings is 1. The highest BCUT2D eigenvalue weighted by Crippen LogP contribution is 2.21. The van der Waals surface area contributed by atoms with E-state index in [1.165, 1.54) is 18.0 Å². The average Bonchev–Trinajstić information content (AvgIpc) is 2.72. The fraction of sp³-hybridized carbons (Fsp3) is 0.300. The molecule has 7 heteroatoms. The van der Waals surface area contributed by atoms with Gasteiger partial charge >= 0.3 is 0 Å². The molecule has 1 aromatic carbocycles. The third-order valence-corrected chi connectivity index (χ3v) is 4.75. The maximum atomic E-state index is 12.6. The lowest BCUT2D eigenvalue weighted by Gasteiger charge is -2.37. The van der Waals surface area contributed by atoms with Crippen LogP contribution in [0.2, 0.25) is 0 Å². The number of benzene rings is 1. The summed E-state index contributed by atoms with van der Waals surface area (Å²) in [6, 6.07) is 13.7. The van der Waals surface area contributed by atoms with Gasteiger partial charge in [-0.1, -0.05) is 30.3 Å². The summed E-state index contributed by atoms with van der Waals surface area (Å²) < 4.78 is 7.30. The Morgan fingerprint density at radius 2 is 2.04 bits per heavy atom. The van der Waals surface area contributed by atoms with Gasteiger partial charge in [-0.2, -0.15) is 0 Å². The van der Waals surface area contributed by atoms with Crippen molar-refractivity contribution in [2.24, 2.45) is 7.05 Å². The smallest absolute Gasteiger partial charge is 0.255 e. The molecule has 0 N–H and O–H groups in total. The molecule has 0 bridgehead atoms. The van der Waals surface area contributed by atoms with Crippen molar-refractivity contribution in [3.05, 3.63) is 70.9 Å². The molecule has 0 aliphatic carbocycles. The van der Waals surface area contributed by atoms with E-state index >= 15 is 0 Å². The van der Waals surface area contributed by atoms with Crippen molar-refractivity contribution in [3.8, 4) is 11.4 Å². The van der Waals surface area contributed by atoms with Gasteiger partial charge in [0, 0.05) is 25.9 Å². The molecule has 0 amide bonds. The lowest BCUT2D eigenvalue weighted by Crippen LogP contribution is -2.49. The molecule has 2 aromatic heterocycles. The van der Waals surface area contributed by atoms with E-state index in [1.54, 1.807) is 23.9 Å². The van der Waals surface area contributed by atoms with Gasteiger partial charge in [0.15, 0.2) is 0 Å². The lowest BCUT2D eigenvalue weighted by molar-refractivity contribution is 0.0928. The normalized spacial score (nSPS) is 17.1. The molecule has 3 heterocycles. The summed E-state index contributed by atoms with van der Waals surface area (Å²) in [6.07, 6.45) is 3.93. The monoisotopic (exact) mass is 363 g/mol. The Labute approximate surface area is 157 Å². The molecule has 0 unspecified atom stereocenters. The number of hydrogen-bond donors (Lipinski definition) is 0. The van der Waals surface area contributed by atoms with E-state index in [0.717, 1.165) is 6.42 Å². The minimum atomic E-state index is -0.112. The first-order chi connectivity index (χ1) is 13.2. The second kappa shape index (κ2) is 7.67. The van der Waals surface area contributed by atoms with Crippen LogP contribution in [0.1, 0.15) is 5.56 Å². The maximum absolute atomic E-state index is 12.6. The van der Waals surface area contributed by atoms with Crippen LogP contribution in [0, 0.1) is 0 Å². The number of nitrogens with zero attached hydrogens (tertiary/aromatic N) is 5. The van der Waals surface area contributed by atoms with Crippen LogP contribution in [0.5, 0.6) is 0 Å². The average molecular weight is 363 g/mol. The molecule has 4 rings (SSSR count). The fourth-order valence-corrected chi connectivity index (χ4v) is 3.33. The minimum Gasteiger partial charge on any atom is -0.377 e. The van der Waals surface area contributed by atoms with Crippen molar-refractivity contribution in [1.29, 1.82) is 0 Å². The van der Waals surface area contributed by atoms with Gasteiger partial charge in [0.25, 0.3) is 5.56 Å². The van der Waals surface area contributed by atoms with Crippen LogP contribution in [0.3, 0.4) is 0 Å². The van der Waals surface area contributed by atoms with Crippen LogP contribution in [0.4, 0.5) is 5.95 Å². The van der Waals surface area contributed by atoms with Crippen molar-refractivity contribution in [2.45, 2.75) is 12.5 Å². The second-order valence-electron chi connectivity index (χ2n) is 6.55. The van der Waals surface area contributed by atoms with E-state index in [9.17, 15) is 4.79 Å². The quantitative estimate of drug-likeness (QED) is 0.702. The first-order valence-corrected chi connectivity index (χ1v) is 8.95. The van der Waals surface area contributed by atoms with E-state index in [1.807, 2.05) is 18.2 Å². The predicted molar refractivity (Wildman–Crippen MR) is 103 cm³/mol. The van der Waals surface area contributed by atoms with Crippen LogP contribution >= 0.6 is 0 Å². The molecule has 0 saturated carbocycles. The van der Waals surface area contributed by atoms with Gasteiger partial charge in [0.05, 0.1) is 30.6 Å². The molecule has 1 fully saturated rings. The van der Waals surface area contributed by atoms with Crippen LogP contribution in [-0.4, -0.2) is 45.3 Å². The standard InChI is InChI=1S/C20H21N5O2/c1-24-19(26)12-18(17-7-8-21-14-22-17)23-20(24)25-9-10-27-13-16(25)11-15-5-3-2-4-6-15/h2-8,12,14,16H,9-11,13H2,1H3/t16-/m0/s1. The Morgan fingerprint density at radius 3 is 2.81 bits per heavy atom.